The van der Waals surface area contributed by atoms with Gasteiger partial charge in [0.05, 0.1) is 17.1 Å². The van der Waals surface area contributed by atoms with E-state index in [1.54, 1.807) is 18.3 Å². The number of halogens is 1. The quantitative estimate of drug-likeness (QED) is 0.443. The zero-order valence-electron chi connectivity index (χ0n) is 12.6. The van der Waals surface area contributed by atoms with E-state index in [0.29, 0.717) is 24.9 Å². The number of hydrogen-bond donors (Lipinski definition) is 2. The van der Waals surface area contributed by atoms with Crippen molar-refractivity contribution in [1.82, 2.24) is 4.98 Å². The molecule has 0 aliphatic rings. The van der Waals surface area contributed by atoms with E-state index < -0.39 is 5.97 Å². The Balaban J connectivity index is 2.04. The largest absolute Gasteiger partial charge is 0.481 e. The van der Waals surface area contributed by atoms with Gasteiger partial charge in [0.15, 0.2) is 0 Å². The summed E-state index contributed by atoms with van der Waals surface area (Å²) in [5.41, 5.74) is 5.03. The Hall–Kier alpha value is -2.76. The second-order valence-electron chi connectivity index (χ2n) is 4.99. The van der Waals surface area contributed by atoms with Gasteiger partial charge in [-0.05, 0) is 55.7 Å². The van der Waals surface area contributed by atoms with E-state index in [9.17, 15) is 9.18 Å². The third kappa shape index (κ3) is 5.86. The molecule has 0 unspecified atom stereocenters. The predicted molar refractivity (Wildman–Crippen MR) is 86.9 cm³/mol. The van der Waals surface area contributed by atoms with Gasteiger partial charge in [0.2, 0.25) is 0 Å². The molecule has 0 saturated carbocycles. The lowest BCUT2D eigenvalue weighted by molar-refractivity contribution is -0.137. The molecule has 0 bridgehead atoms. The number of carboxylic acids is 1. The Morgan fingerprint density at radius 2 is 1.87 bits per heavy atom. The minimum Gasteiger partial charge on any atom is -0.481 e. The first kappa shape index (κ1) is 16.6. The zero-order chi connectivity index (χ0) is 16.5. The average Bonchev–Trinajstić information content (AvgIpc) is 2.56. The van der Waals surface area contributed by atoms with Gasteiger partial charge in [0.1, 0.15) is 5.82 Å². The van der Waals surface area contributed by atoms with Crippen molar-refractivity contribution in [2.24, 2.45) is 5.10 Å². The monoisotopic (exact) mass is 315 g/mol. The van der Waals surface area contributed by atoms with E-state index in [0.717, 1.165) is 11.4 Å². The number of benzene rings is 1. The van der Waals surface area contributed by atoms with Crippen LogP contribution in [0, 0.1) is 5.82 Å². The third-order valence-corrected chi connectivity index (χ3v) is 3.18. The fourth-order valence-electron chi connectivity index (χ4n) is 2.00. The predicted octanol–water partition coefficient (Wildman–Crippen LogP) is 3.68. The van der Waals surface area contributed by atoms with Crippen LogP contribution in [-0.2, 0) is 4.79 Å². The van der Waals surface area contributed by atoms with Crippen molar-refractivity contribution in [2.75, 3.05) is 5.43 Å². The zero-order valence-corrected chi connectivity index (χ0v) is 12.6. The molecule has 1 aromatic carbocycles. The van der Waals surface area contributed by atoms with E-state index in [-0.39, 0.29) is 12.2 Å². The minimum atomic E-state index is -0.800. The van der Waals surface area contributed by atoms with E-state index in [1.807, 2.05) is 18.2 Å². The molecular weight excluding hydrogens is 297 g/mol. The number of hydrazone groups is 1. The molecule has 6 heteroatoms. The number of unbranched alkanes of at least 4 members (excludes halogenated alkanes) is 1. The molecule has 0 spiro atoms. The Morgan fingerprint density at radius 3 is 2.52 bits per heavy atom. The number of hydrogen-bond acceptors (Lipinski definition) is 4. The molecule has 0 saturated heterocycles. The Bertz CT molecular complexity index is 657. The van der Waals surface area contributed by atoms with Crippen LogP contribution in [0.25, 0.3) is 0 Å². The lowest BCUT2D eigenvalue weighted by Gasteiger charge is -2.07. The van der Waals surface area contributed by atoms with Crippen LogP contribution in [0.1, 0.15) is 31.4 Å². The number of anilines is 1. The van der Waals surface area contributed by atoms with Crippen LogP contribution < -0.4 is 5.43 Å². The number of aromatic nitrogens is 1. The Kier molecular flexibility index (Phi) is 6.23. The smallest absolute Gasteiger partial charge is 0.303 e. The van der Waals surface area contributed by atoms with Crippen molar-refractivity contribution in [1.29, 1.82) is 0 Å². The van der Waals surface area contributed by atoms with Gasteiger partial charge in [0.25, 0.3) is 0 Å². The van der Waals surface area contributed by atoms with Gasteiger partial charge < -0.3 is 5.11 Å². The van der Waals surface area contributed by atoms with Gasteiger partial charge in [-0.3, -0.25) is 15.2 Å². The molecule has 120 valence electrons. The summed E-state index contributed by atoms with van der Waals surface area (Å²) in [7, 11) is 0. The number of carbonyl (C=O) groups is 1. The van der Waals surface area contributed by atoms with E-state index >= 15 is 0 Å². The molecule has 2 aromatic rings. The number of nitrogens with one attached hydrogen (secondary N) is 1. The van der Waals surface area contributed by atoms with E-state index in [2.05, 4.69) is 15.5 Å². The maximum atomic E-state index is 12.9. The summed E-state index contributed by atoms with van der Waals surface area (Å²) in [6.45, 7) is 0. The summed E-state index contributed by atoms with van der Waals surface area (Å²) >= 11 is 0. The van der Waals surface area contributed by atoms with Crippen molar-refractivity contribution in [2.45, 2.75) is 25.7 Å². The molecule has 0 aliphatic carbocycles. The standard InChI is InChI=1S/C17H18FN3O2/c18-13-8-10-14(11-9-13)20-21-16(6-1-2-7-17(22)23)15-5-3-4-12-19-15/h3-5,8-12,20H,1-2,6-7H2,(H,22,23)/b21-16+. The molecule has 2 N–H and O–H groups in total. The minimum absolute atomic E-state index is 0.140. The van der Waals surface area contributed by atoms with Crippen LogP contribution in [0.5, 0.6) is 0 Å². The molecule has 5 nitrogen and oxygen atoms in total. The molecule has 0 atom stereocenters. The summed E-state index contributed by atoms with van der Waals surface area (Å²) in [6.07, 6.45) is 3.71. The fourth-order valence-corrected chi connectivity index (χ4v) is 2.00. The first-order chi connectivity index (χ1) is 11.1. The highest BCUT2D eigenvalue weighted by molar-refractivity contribution is 5.99. The van der Waals surface area contributed by atoms with E-state index in [1.165, 1.54) is 12.1 Å². The number of carboxylic acid groups (broad SMARTS) is 1. The van der Waals surface area contributed by atoms with Gasteiger partial charge in [0, 0.05) is 12.6 Å². The topological polar surface area (TPSA) is 74.6 Å². The summed E-state index contributed by atoms with van der Waals surface area (Å²) in [5.74, 6) is -1.11. The second kappa shape index (κ2) is 8.63. The normalized spacial score (nSPS) is 11.3. The maximum Gasteiger partial charge on any atom is 0.303 e. The second-order valence-corrected chi connectivity index (χ2v) is 4.99. The number of aliphatic carboxylic acids is 1. The van der Waals surface area contributed by atoms with Crippen LogP contribution in [-0.4, -0.2) is 21.8 Å². The van der Waals surface area contributed by atoms with Crippen molar-refractivity contribution in [3.05, 3.63) is 60.2 Å². The first-order valence-corrected chi connectivity index (χ1v) is 7.36. The van der Waals surface area contributed by atoms with E-state index in [4.69, 9.17) is 5.11 Å². The highest BCUT2D eigenvalue weighted by atomic mass is 19.1. The first-order valence-electron chi connectivity index (χ1n) is 7.36. The highest BCUT2D eigenvalue weighted by Gasteiger charge is 2.06. The number of pyridine rings is 1. The third-order valence-electron chi connectivity index (χ3n) is 3.18. The van der Waals surface area contributed by atoms with Gasteiger partial charge >= 0.3 is 5.97 Å². The maximum absolute atomic E-state index is 12.9. The molecule has 0 amide bonds. The molecule has 2 rings (SSSR count). The van der Waals surface area contributed by atoms with Crippen molar-refractivity contribution >= 4 is 17.4 Å². The summed E-state index contributed by atoms with van der Waals surface area (Å²) in [4.78, 5) is 14.8. The van der Waals surface area contributed by atoms with Crippen LogP contribution in [0.4, 0.5) is 10.1 Å². The van der Waals surface area contributed by atoms with Gasteiger partial charge in [-0.15, -0.1) is 0 Å². The lowest BCUT2D eigenvalue weighted by atomic mass is 10.1. The molecule has 0 fully saturated rings. The van der Waals surface area contributed by atoms with Crippen LogP contribution in [0.3, 0.4) is 0 Å². The van der Waals surface area contributed by atoms with Crippen molar-refractivity contribution < 1.29 is 14.3 Å². The Morgan fingerprint density at radius 1 is 1.13 bits per heavy atom. The van der Waals surface area contributed by atoms with Gasteiger partial charge in [-0.25, -0.2) is 4.39 Å². The number of rotatable bonds is 8. The SMILES string of the molecule is O=C(O)CCCC/C(=N\Nc1ccc(F)cc1)c1ccccn1. The summed E-state index contributed by atoms with van der Waals surface area (Å²) < 4.78 is 12.9. The van der Waals surface area contributed by atoms with Crippen molar-refractivity contribution in [3.63, 3.8) is 0 Å². The summed E-state index contributed by atoms with van der Waals surface area (Å²) in [5, 5.41) is 13.0. The average molecular weight is 315 g/mol. The summed E-state index contributed by atoms with van der Waals surface area (Å²) in [6, 6.07) is 11.4. The fraction of sp³-hybridized carbons (Fsp3) is 0.235. The lowest BCUT2D eigenvalue weighted by Crippen LogP contribution is -2.07. The van der Waals surface area contributed by atoms with Gasteiger partial charge in [-0.1, -0.05) is 6.07 Å². The van der Waals surface area contributed by atoms with Crippen LogP contribution >= 0.6 is 0 Å². The molecule has 23 heavy (non-hydrogen) atoms. The van der Waals surface area contributed by atoms with Crippen LogP contribution in [0.2, 0.25) is 0 Å². The Labute approximate surface area is 133 Å². The van der Waals surface area contributed by atoms with Gasteiger partial charge in [-0.2, -0.15) is 5.10 Å². The molecule has 1 heterocycles. The number of nitrogens with zero attached hydrogens (tertiary/aromatic N) is 2. The highest BCUT2D eigenvalue weighted by Crippen LogP contribution is 2.11. The molecular formula is C17H18FN3O2. The molecule has 0 radical (unpaired) electrons. The molecule has 1 aromatic heterocycles. The van der Waals surface area contributed by atoms with Crippen LogP contribution in [0.15, 0.2) is 53.8 Å². The van der Waals surface area contributed by atoms with Crippen molar-refractivity contribution in [3.8, 4) is 0 Å². The molecule has 0 aliphatic heterocycles.